The van der Waals surface area contributed by atoms with E-state index in [0.717, 1.165) is 16.8 Å². The fourth-order valence-electron chi connectivity index (χ4n) is 1.76. The Kier molecular flexibility index (Phi) is 2.37. The van der Waals surface area contributed by atoms with Crippen molar-refractivity contribution in [3.63, 3.8) is 0 Å². The third kappa shape index (κ3) is 1.86. The van der Waals surface area contributed by atoms with E-state index in [4.69, 9.17) is 10.3 Å². The van der Waals surface area contributed by atoms with E-state index in [2.05, 4.69) is 10.3 Å². The molecule has 5 heteroatoms. The molecule has 0 spiro atoms. The molecule has 0 bridgehead atoms. The maximum Gasteiger partial charge on any atom is 0.169 e. The summed E-state index contributed by atoms with van der Waals surface area (Å²) in [6, 6.07) is 9.55. The van der Waals surface area contributed by atoms with Gasteiger partial charge in [-0.15, -0.1) is 0 Å². The summed E-state index contributed by atoms with van der Waals surface area (Å²) in [6.07, 6.45) is 3.80. The smallest absolute Gasteiger partial charge is 0.169 e. The van der Waals surface area contributed by atoms with Crippen LogP contribution in [0.25, 0.3) is 17.0 Å². The first-order valence-electron chi connectivity index (χ1n) is 5.57. The van der Waals surface area contributed by atoms with E-state index >= 15 is 0 Å². The van der Waals surface area contributed by atoms with Crippen LogP contribution in [0.1, 0.15) is 5.56 Å². The molecule has 1 aromatic carbocycles. The topological polar surface area (TPSA) is 69.9 Å². The molecule has 0 fully saturated rings. The maximum atomic E-state index is 5.52. The van der Waals surface area contributed by atoms with Crippen molar-refractivity contribution in [2.24, 2.45) is 0 Å². The monoisotopic (exact) mass is 240 g/mol. The van der Waals surface area contributed by atoms with Gasteiger partial charge in [-0.2, -0.15) is 5.10 Å². The highest BCUT2D eigenvalue weighted by atomic mass is 16.5. The molecule has 2 N–H and O–H groups in total. The second-order valence-corrected chi connectivity index (χ2v) is 4.13. The van der Waals surface area contributed by atoms with E-state index in [1.54, 1.807) is 6.07 Å². The molecule has 18 heavy (non-hydrogen) atoms. The number of nitrogens with zero attached hydrogens (tertiary/aromatic N) is 3. The summed E-state index contributed by atoms with van der Waals surface area (Å²) < 4.78 is 6.93. The average molecular weight is 240 g/mol. The van der Waals surface area contributed by atoms with Crippen LogP contribution in [0.3, 0.4) is 0 Å². The van der Waals surface area contributed by atoms with Crippen LogP contribution in [0.2, 0.25) is 0 Å². The molecule has 0 radical (unpaired) electrons. The summed E-state index contributed by atoms with van der Waals surface area (Å²) in [7, 11) is 0. The Morgan fingerprint density at radius 2 is 2.00 bits per heavy atom. The van der Waals surface area contributed by atoms with Gasteiger partial charge in [0.1, 0.15) is 0 Å². The van der Waals surface area contributed by atoms with Crippen molar-refractivity contribution in [1.82, 2.24) is 14.9 Å². The molecule has 0 aliphatic heterocycles. The molecule has 0 aliphatic carbocycles. The lowest BCUT2D eigenvalue weighted by molar-refractivity contribution is 0.436. The SMILES string of the molecule is Cc1cnn(-c2ccc(-c3cc(N)no3)cc2)c1. The van der Waals surface area contributed by atoms with E-state index in [-0.39, 0.29) is 0 Å². The number of rotatable bonds is 2. The van der Waals surface area contributed by atoms with E-state index in [1.165, 1.54) is 0 Å². The lowest BCUT2D eigenvalue weighted by atomic mass is 10.1. The minimum atomic E-state index is 0.386. The van der Waals surface area contributed by atoms with Gasteiger partial charge in [0.15, 0.2) is 11.6 Å². The largest absolute Gasteiger partial charge is 0.381 e. The van der Waals surface area contributed by atoms with Crippen LogP contribution in [0.4, 0.5) is 5.82 Å². The van der Waals surface area contributed by atoms with Gasteiger partial charge in [0, 0.05) is 17.8 Å². The van der Waals surface area contributed by atoms with Crippen LogP contribution >= 0.6 is 0 Å². The van der Waals surface area contributed by atoms with Crippen molar-refractivity contribution in [3.05, 3.63) is 48.3 Å². The van der Waals surface area contributed by atoms with Crippen molar-refractivity contribution < 1.29 is 4.52 Å². The van der Waals surface area contributed by atoms with Crippen molar-refractivity contribution in [3.8, 4) is 17.0 Å². The van der Waals surface area contributed by atoms with Crippen LogP contribution < -0.4 is 5.73 Å². The predicted octanol–water partition coefficient (Wildman–Crippen LogP) is 2.42. The first-order chi connectivity index (χ1) is 8.72. The number of hydrogen-bond donors (Lipinski definition) is 1. The molecule has 3 aromatic rings. The van der Waals surface area contributed by atoms with Gasteiger partial charge < -0.3 is 10.3 Å². The lowest BCUT2D eigenvalue weighted by Crippen LogP contribution is -1.93. The van der Waals surface area contributed by atoms with E-state index < -0.39 is 0 Å². The third-order valence-electron chi connectivity index (χ3n) is 2.66. The standard InChI is InChI=1S/C13H12N4O/c1-9-7-15-17(8-9)11-4-2-10(3-5-11)12-6-13(14)16-18-12/h2-8H,1H3,(H2,14,16). The summed E-state index contributed by atoms with van der Waals surface area (Å²) in [4.78, 5) is 0. The highest BCUT2D eigenvalue weighted by Gasteiger charge is 2.05. The van der Waals surface area contributed by atoms with E-state index in [0.29, 0.717) is 11.6 Å². The number of nitrogen functional groups attached to an aromatic ring is 1. The first kappa shape index (κ1) is 10.6. The van der Waals surface area contributed by atoms with Gasteiger partial charge >= 0.3 is 0 Å². The molecule has 0 amide bonds. The predicted molar refractivity (Wildman–Crippen MR) is 68.2 cm³/mol. The zero-order valence-electron chi connectivity index (χ0n) is 9.87. The number of anilines is 1. The molecule has 0 unspecified atom stereocenters. The van der Waals surface area contributed by atoms with Crippen LogP contribution in [-0.4, -0.2) is 14.9 Å². The summed E-state index contributed by atoms with van der Waals surface area (Å²) in [6.45, 7) is 2.01. The van der Waals surface area contributed by atoms with Gasteiger partial charge in [0.25, 0.3) is 0 Å². The Hall–Kier alpha value is -2.56. The van der Waals surface area contributed by atoms with Gasteiger partial charge in [-0.1, -0.05) is 5.16 Å². The summed E-state index contributed by atoms with van der Waals surface area (Å²) in [5.41, 5.74) is 8.58. The van der Waals surface area contributed by atoms with Crippen molar-refractivity contribution in [1.29, 1.82) is 0 Å². The number of aryl methyl sites for hydroxylation is 1. The number of hydrogen-bond acceptors (Lipinski definition) is 4. The molecule has 0 atom stereocenters. The second-order valence-electron chi connectivity index (χ2n) is 4.13. The highest BCUT2D eigenvalue weighted by Crippen LogP contribution is 2.22. The molecule has 90 valence electrons. The fraction of sp³-hybridized carbons (Fsp3) is 0.0769. The molecule has 0 aliphatic rings. The van der Waals surface area contributed by atoms with Crippen molar-refractivity contribution in [2.75, 3.05) is 5.73 Å². The summed E-state index contributed by atoms with van der Waals surface area (Å²) in [5.74, 6) is 1.05. The Labute approximate surface area is 104 Å². The number of aromatic nitrogens is 3. The Balaban J connectivity index is 1.94. The summed E-state index contributed by atoms with van der Waals surface area (Å²) >= 11 is 0. The van der Waals surface area contributed by atoms with Crippen LogP contribution in [0, 0.1) is 6.92 Å². The van der Waals surface area contributed by atoms with Crippen molar-refractivity contribution in [2.45, 2.75) is 6.92 Å². The molecule has 2 heterocycles. The van der Waals surface area contributed by atoms with Crippen molar-refractivity contribution >= 4 is 5.82 Å². The zero-order chi connectivity index (χ0) is 12.5. The van der Waals surface area contributed by atoms with E-state index in [9.17, 15) is 0 Å². The molecule has 3 rings (SSSR count). The summed E-state index contributed by atoms with van der Waals surface area (Å²) in [5, 5.41) is 7.92. The molecule has 5 nitrogen and oxygen atoms in total. The third-order valence-corrected chi connectivity index (χ3v) is 2.66. The van der Waals surface area contributed by atoms with Crippen LogP contribution in [0.15, 0.2) is 47.2 Å². The molecule has 2 aromatic heterocycles. The molecular weight excluding hydrogens is 228 g/mol. The van der Waals surface area contributed by atoms with Gasteiger partial charge in [-0.05, 0) is 36.8 Å². The average Bonchev–Trinajstić information content (AvgIpc) is 2.98. The zero-order valence-corrected chi connectivity index (χ0v) is 9.87. The Bertz CT molecular complexity index is 607. The maximum absolute atomic E-state index is 5.52. The van der Waals surface area contributed by atoms with Gasteiger partial charge in [-0.25, -0.2) is 4.68 Å². The molecule has 0 saturated carbocycles. The Morgan fingerprint density at radius 3 is 2.56 bits per heavy atom. The normalized spacial score (nSPS) is 10.7. The van der Waals surface area contributed by atoms with Gasteiger partial charge in [-0.3, -0.25) is 0 Å². The quantitative estimate of drug-likeness (QED) is 0.746. The van der Waals surface area contributed by atoms with Crippen LogP contribution in [0.5, 0.6) is 0 Å². The molecular formula is C13H12N4O. The van der Waals surface area contributed by atoms with Gasteiger partial charge in [0.05, 0.1) is 11.9 Å². The minimum absolute atomic E-state index is 0.386. The molecule has 0 saturated heterocycles. The fourth-order valence-corrected chi connectivity index (χ4v) is 1.76. The Morgan fingerprint density at radius 1 is 1.22 bits per heavy atom. The number of benzene rings is 1. The lowest BCUT2D eigenvalue weighted by Gasteiger charge is -2.01. The minimum Gasteiger partial charge on any atom is -0.381 e. The van der Waals surface area contributed by atoms with Crippen LogP contribution in [-0.2, 0) is 0 Å². The highest BCUT2D eigenvalue weighted by molar-refractivity contribution is 5.61. The second kappa shape index (κ2) is 4.03. The van der Waals surface area contributed by atoms with Gasteiger partial charge in [0.2, 0.25) is 0 Å². The first-order valence-corrected chi connectivity index (χ1v) is 5.57. The number of nitrogens with two attached hydrogens (primary N) is 1. The van der Waals surface area contributed by atoms with E-state index in [1.807, 2.05) is 48.3 Å².